The second-order valence-electron chi connectivity index (χ2n) is 5.07. The molecule has 0 saturated carbocycles. The molecule has 3 aromatic rings. The average molecular weight is 377 g/mol. The second-order valence-corrected chi connectivity index (χ2v) is 7.49. The number of hydrogen-bond donors (Lipinski definition) is 2. The van der Waals surface area contributed by atoms with Crippen LogP contribution in [0.5, 0.6) is 0 Å². The van der Waals surface area contributed by atoms with Crippen LogP contribution in [0, 0.1) is 5.82 Å². The summed E-state index contributed by atoms with van der Waals surface area (Å²) in [5.41, 5.74) is 1.15. The van der Waals surface area contributed by atoms with E-state index in [1.165, 1.54) is 41.7 Å². The summed E-state index contributed by atoms with van der Waals surface area (Å²) in [7, 11) is -3.86. The number of primary sulfonamides is 1. The smallest absolute Gasteiger partial charge is 0.275 e. The van der Waals surface area contributed by atoms with Crippen molar-refractivity contribution in [1.29, 1.82) is 0 Å². The number of sulfonamides is 1. The highest BCUT2D eigenvalue weighted by atomic mass is 32.2. The maximum Gasteiger partial charge on any atom is 0.275 e. The summed E-state index contributed by atoms with van der Waals surface area (Å²) in [6, 6.07) is 11.4. The van der Waals surface area contributed by atoms with Crippen LogP contribution in [0.2, 0.25) is 0 Å². The van der Waals surface area contributed by atoms with E-state index >= 15 is 0 Å². The molecule has 0 aliphatic carbocycles. The topological polar surface area (TPSA) is 102 Å². The molecule has 3 N–H and O–H groups in total. The molecule has 0 fully saturated rings. The zero-order chi connectivity index (χ0) is 18.0. The van der Waals surface area contributed by atoms with Crippen LogP contribution >= 0.6 is 11.3 Å². The zero-order valence-corrected chi connectivity index (χ0v) is 14.3. The molecule has 0 unspecified atom stereocenters. The number of rotatable bonds is 4. The molecule has 1 amide bonds. The third-order valence-corrected chi connectivity index (χ3v) is 5.05. The van der Waals surface area contributed by atoms with Gasteiger partial charge in [-0.15, -0.1) is 11.3 Å². The molecule has 3 rings (SSSR count). The first kappa shape index (κ1) is 17.2. The van der Waals surface area contributed by atoms with Gasteiger partial charge in [-0.3, -0.25) is 4.79 Å². The van der Waals surface area contributed by atoms with Gasteiger partial charge in [0.15, 0.2) is 0 Å². The minimum absolute atomic E-state index is 0.101. The minimum atomic E-state index is -3.86. The first-order valence-corrected chi connectivity index (χ1v) is 9.41. The van der Waals surface area contributed by atoms with E-state index in [1.807, 2.05) is 0 Å². The number of amides is 1. The van der Waals surface area contributed by atoms with Crippen LogP contribution in [0.4, 0.5) is 10.1 Å². The maximum atomic E-state index is 13.0. The Morgan fingerprint density at radius 3 is 2.56 bits per heavy atom. The maximum absolute atomic E-state index is 13.0. The number of hydrogen-bond acceptors (Lipinski definition) is 5. The lowest BCUT2D eigenvalue weighted by atomic mass is 10.2. The van der Waals surface area contributed by atoms with Gasteiger partial charge in [0.05, 0.1) is 4.90 Å². The van der Waals surface area contributed by atoms with E-state index in [1.54, 1.807) is 23.6 Å². The van der Waals surface area contributed by atoms with Crippen molar-refractivity contribution in [3.8, 4) is 10.6 Å². The summed E-state index contributed by atoms with van der Waals surface area (Å²) >= 11 is 1.24. The van der Waals surface area contributed by atoms with Crippen LogP contribution in [0.25, 0.3) is 10.6 Å². The van der Waals surface area contributed by atoms with Crippen molar-refractivity contribution in [2.75, 3.05) is 5.32 Å². The molecule has 0 saturated heterocycles. The number of thiazole rings is 1. The van der Waals surface area contributed by atoms with E-state index in [4.69, 9.17) is 5.14 Å². The number of nitrogens with zero attached hydrogens (tertiary/aromatic N) is 1. The van der Waals surface area contributed by atoms with E-state index in [2.05, 4.69) is 10.3 Å². The van der Waals surface area contributed by atoms with Crippen molar-refractivity contribution in [3.05, 3.63) is 65.4 Å². The molecular formula is C16H12FN3O3S2. The molecule has 1 heterocycles. The number of halogens is 1. The lowest BCUT2D eigenvalue weighted by Gasteiger charge is -2.05. The van der Waals surface area contributed by atoms with Gasteiger partial charge >= 0.3 is 0 Å². The van der Waals surface area contributed by atoms with E-state index in [0.29, 0.717) is 10.6 Å². The fraction of sp³-hybridized carbons (Fsp3) is 0. The Labute approximate surface area is 147 Å². The van der Waals surface area contributed by atoms with Gasteiger partial charge < -0.3 is 5.32 Å². The molecule has 9 heteroatoms. The van der Waals surface area contributed by atoms with Gasteiger partial charge in [-0.2, -0.15) is 0 Å². The second kappa shape index (κ2) is 6.71. The molecule has 0 bridgehead atoms. The SMILES string of the molecule is NS(=O)(=O)c1cccc(NC(=O)c2csc(-c3ccc(F)cc3)n2)c1. The van der Waals surface area contributed by atoms with Gasteiger partial charge in [0.2, 0.25) is 10.0 Å². The Kier molecular flexibility index (Phi) is 4.62. The first-order chi connectivity index (χ1) is 11.8. The molecule has 0 radical (unpaired) electrons. The Hall–Kier alpha value is -2.62. The van der Waals surface area contributed by atoms with Crippen LogP contribution in [0.3, 0.4) is 0 Å². The van der Waals surface area contributed by atoms with E-state index in [9.17, 15) is 17.6 Å². The normalized spacial score (nSPS) is 11.3. The molecule has 25 heavy (non-hydrogen) atoms. The van der Waals surface area contributed by atoms with Crippen molar-refractivity contribution in [3.63, 3.8) is 0 Å². The molecule has 0 aliphatic rings. The summed E-state index contributed by atoms with van der Waals surface area (Å²) < 4.78 is 35.7. The zero-order valence-electron chi connectivity index (χ0n) is 12.6. The van der Waals surface area contributed by atoms with Crippen LogP contribution < -0.4 is 10.5 Å². The first-order valence-electron chi connectivity index (χ1n) is 6.98. The van der Waals surface area contributed by atoms with Crippen LogP contribution in [0.15, 0.2) is 58.8 Å². The van der Waals surface area contributed by atoms with E-state index < -0.39 is 15.9 Å². The highest BCUT2D eigenvalue weighted by Gasteiger charge is 2.14. The average Bonchev–Trinajstić information content (AvgIpc) is 3.05. The Bertz CT molecular complexity index is 1030. The molecule has 0 spiro atoms. The van der Waals surface area contributed by atoms with Crippen molar-refractivity contribution >= 4 is 33.0 Å². The van der Waals surface area contributed by atoms with E-state index in [-0.39, 0.29) is 22.1 Å². The predicted molar refractivity (Wildman–Crippen MR) is 93.3 cm³/mol. The Balaban J connectivity index is 1.80. The largest absolute Gasteiger partial charge is 0.321 e. The van der Waals surface area contributed by atoms with Gasteiger partial charge in [0.25, 0.3) is 5.91 Å². The Morgan fingerprint density at radius 1 is 1.16 bits per heavy atom. The summed E-state index contributed by atoms with van der Waals surface area (Å²) in [5, 5.41) is 9.78. The Morgan fingerprint density at radius 2 is 1.88 bits per heavy atom. The molecular weight excluding hydrogens is 365 g/mol. The summed E-state index contributed by atoms with van der Waals surface area (Å²) in [6.07, 6.45) is 0. The third kappa shape index (κ3) is 4.08. The summed E-state index contributed by atoms with van der Waals surface area (Å²) in [4.78, 5) is 16.4. The van der Waals surface area contributed by atoms with Crippen molar-refractivity contribution in [1.82, 2.24) is 4.98 Å². The molecule has 128 valence electrons. The number of aromatic nitrogens is 1. The number of carbonyl (C=O) groups excluding carboxylic acids is 1. The lowest BCUT2D eigenvalue weighted by Crippen LogP contribution is -2.15. The molecule has 6 nitrogen and oxygen atoms in total. The number of nitrogens with two attached hydrogens (primary N) is 1. The van der Waals surface area contributed by atoms with Gasteiger partial charge in [0, 0.05) is 16.6 Å². The number of benzene rings is 2. The molecule has 1 aromatic heterocycles. The fourth-order valence-electron chi connectivity index (χ4n) is 2.05. The summed E-state index contributed by atoms with van der Waals surface area (Å²) in [6.45, 7) is 0. The highest BCUT2D eigenvalue weighted by Crippen LogP contribution is 2.24. The fourth-order valence-corrected chi connectivity index (χ4v) is 3.41. The number of anilines is 1. The van der Waals surface area contributed by atoms with Crippen molar-refractivity contribution in [2.45, 2.75) is 4.90 Å². The van der Waals surface area contributed by atoms with Crippen LogP contribution in [-0.4, -0.2) is 19.3 Å². The quantitative estimate of drug-likeness (QED) is 0.730. The van der Waals surface area contributed by atoms with Crippen molar-refractivity contribution < 1.29 is 17.6 Å². The van der Waals surface area contributed by atoms with Crippen LogP contribution in [0.1, 0.15) is 10.5 Å². The lowest BCUT2D eigenvalue weighted by molar-refractivity contribution is 0.102. The van der Waals surface area contributed by atoms with E-state index in [0.717, 1.165) is 0 Å². The monoisotopic (exact) mass is 377 g/mol. The number of carbonyl (C=O) groups is 1. The number of nitrogens with one attached hydrogen (secondary N) is 1. The van der Waals surface area contributed by atoms with Gasteiger partial charge in [0.1, 0.15) is 16.5 Å². The van der Waals surface area contributed by atoms with Crippen LogP contribution in [-0.2, 0) is 10.0 Å². The van der Waals surface area contributed by atoms with Crippen molar-refractivity contribution in [2.24, 2.45) is 5.14 Å². The van der Waals surface area contributed by atoms with Gasteiger partial charge in [-0.05, 0) is 42.5 Å². The minimum Gasteiger partial charge on any atom is -0.321 e. The molecule has 2 aromatic carbocycles. The predicted octanol–water partition coefficient (Wildman–Crippen LogP) is 2.85. The van der Waals surface area contributed by atoms with Gasteiger partial charge in [-0.25, -0.2) is 22.9 Å². The highest BCUT2D eigenvalue weighted by molar-refractivity contribution is 7.89. The van der Waals surface area contributed by atoms with Gasteiger partial charge in [-0.1, -0.05) is 6.07 Å². The standard InChI is InChI=1S/C16H12FN3O3S2/c17-11-6-4-10(5-7-11)16-20-14(9-24-16)15(21)19-12-2-1-3-13(8-12)25(18,22)23/h1-9H,(H,19,21)(H2,18,22,23). The summed E-state index contributed by atoms with van der Waals surface area (Å²) in [5.74, 6) is -0.843. The third-order valence-electron chi connectivity index (χ3n) is 3.25. The molecule has 0 atom stereocenters. The molecule has 0 aliphatic heterocycles.